The van der Waals surface area contributed by atoms with Gasteiger partial charge in [0, 0.05) is 27.5 Å². The summed E-state index contributed by atoms with van der Waals surface area (Å²) >= 11 is 0. The summed E-state index contributed by atoms with van der Waals surface area (Å²) < 4.78 is 0. The summed E-state index contributed by atoms with van der Waals surface area (Å²) in [6.45, 7) is 2.28. The van der Waals surface area contributed by atoms with Crippen LogP contribution in [0.3, 0.4) is 0 Å². The number of aromatic nitrogens is 2. The van der Waals surface area contributed by atoms with Crippen LogP contribution in [0, 0.1) is 0 Å². The molecule has 0 fully saturated rings. The maximum absolute atomic E-state index is 5.04. The van der Waals surface area contributed by atoms with E-state index >= 15 is 0 Å². The molecule has 2 heteroatoms. The van der Waals surface area contributed by atoms with Crippen LogP contribution in [-0.2, 0) is 0 Å². The molecular weight excluding hydrogens is 424 g/mol. The van der Waals surface area contributed by atoms with Gasteiger partial charge in [0.2, 0.25) is 0 Å². The van der Waals surface area contributed by atoms with Crippen LogP contribution in [0.2, 0.25) is 0 Å². The summed E-state index contributed by atoms with van der Waals surface area (Å²) in [4.78, 5) is 10.1. The average Bonchev–Trinajstić information content (AvgIpc) is 2.91. The first-order valence-electron chi connectivity index (χ1n) is 12.9. The topological polar surface area (TPSA) is 25.8 Å². The highest BCUT2D eigenvalue weighted by Crippen LogP contribution is 2.43. The smallest absolute Gasteiger partial charge is 0.0712 e. The van der Waals surface area contributed by atoms with Crippen molar-refractivity contribution in [1.29, 1.82) is 0 Å². The molecule has 0 aliphatic carbocycles. The largest absolute Gasteiger partial charge is 0.248 e. The Bertz CT molecular complexity index is 1420. The van der Waals surface area contributed by atoms with Crippen LogP contribution in [0.25, 0.3) is 43.6 Å². The van der Waals surface area contributed by atoms with E-state index in [2.05, 4.69) is 104 Å². The van der Waals surface area contributed by atoms with Gasteiger partial charge in [-0.3, -0.25) is 0 Å². The standard InChI is InChI=1S/C33H30N2/c1-2-3-4-5-18-27(32-23-14-6-10-19-28(23)34-29-20-11-7-15-24(29)32)33-25-16-8-12-21-30(25)35-31-22-13-9-17-26(31)33/h6-17,19-22,27H,2-5,18H2,1H3. The SMILES string of the molecule is CCCCCCC(c1c2ccccc2nc2ccccc12)c1c2ccccc2nc2ccccc12. The summed E-state index contributed by atoms with van der Waals surface area (Å²) in [7, 11) is 0. The van der Waals surface area contributed by atoms with Crippen molar-refractivity contribution in [2.24, 2.45) is 0 Å². The minimum absolute atomic E-state index is 0.252. The molecule has 0 bridgehead atoms. The molecule has 2 nitrogen and oxygen atoms in total. The summed E-state index contributed by atoms with van der Waals surface area (Å²) in [5.41, 5.74) is 7.10. The van der Waals surface area contributed by atoms with Crippen molar-refractivity contribution in [3.05, 3.63) is 108 Å². The first kappa shape index (κ1) is 21.7. The number of fused-ring (bicyclic) bond motifs is 4. The Hall–Kier alpha value is -3.78. The van der Waals surface area contributed by atoms with Gasteiger partial charge in [-0.05, 0) is 41.8 Å². The molecule has 2 heterocycles. The van der Waals surface area contributed by atoms with E-state index in [1.807, 2.05) is 0 Å². The Morgan fingerprint density at radius 2 is 0.857 bits per heavy atom. The lowest BCUT2D eigenvalue weighted by molar-refractivity contribution is 0.602. The lowest BCUT2D eigenvalue weighted by Gasteiger charge is -2.25. The summed E-state index contributed by atoms with van der Waals surface area (Å²) in [5.74, 6) is 0.252. The third kappa shape index (κ3) is 3.93. The van der Waals surface area contributed by atoms with Crippen molar-refractivity contribution in [3.63, 3.8) is 0 Å². The van der Waals surface area contributed by atoms with E-state index in [9.17, 15) is 0 Å². The van der Waals surface area contributed by atoms with Crippen molar-refractivity contribution >= 4 is 43.6 Å². The second-order valence-corrected chi connectivity index (χ2v) is 9.52. The van der Waals surface area contributed by atoms with E-state index < -0.39 is 0 Å². The number of rotatable bonds is 7. The van der Waals surface area contributed by atoms with Crippen molar-refractivity contribution in [2.45, 2.75) is 44.9 Å². The predicted molar refractivity (Wildman–Crippen MR) is 149 cm³/mol. The molecule has 35 heavy (non-hydrogen) atoms. The molecule has 6 aromatic rings. The molecule has 0 aliphatic rings. The van der Waals surface area contributed by atoms with E-state index in [1.165, 1.54) is 58.4 Å². The number of pyridine rings is 2. The fourth-order valence-corrected chi connectivity index (χ4v) is 5.70. The molecule has 0 radical (unpaired) electrons. The number of benzene rings is 4. The summed E-state index contributed by atoms with van der Waals surface area (Å²) in [6, 6.07) is 34.7. The summed E-state index contributed by atoms with van der Waals surface area (Å²) in [6.07, 6.45) is 6.09. The molecule has 0 saturated heterocycles. The molecule has 0 aliphatic heterocycles. The molecule has 0 saturated carbocycles. The van der Waals surface area contributed by atoms with Gasteiger partial charge in [-0.25, -0.2) is 9.97 Å². The molecule has 0 amide bonds. The minimum atomic E-state index is 0.252. The van der Waals surface area contributed by atoms with Gasteiger partial charge in [0.05, 0.1) is 22.1 Å². The Labute approximate surface area is 206 Å². The Morgan fingerprint density at radius 1 is 0.486 bits per heavy atom. The average molecular weight is 455 g/mol. The van der Waals surface area contributed by atoms with Gasteiger partial charge in [-0.2, -0.15) is 0 Å². The van der Waals surface area contributed by atoms with Gasteiger partial charge in [-0.1, -0.05) is 105 Å². The van der Waals surface area contributed by atoms with Gasteiger partial charge in [-0.15, -0.1) is 0 Å². The highest BCUT2D eigenvalue weighted by molar-refractivity contribution is 6.03. The maximum Gasteiger partial charge on any atom is 0.0712 e. The fourth-order valence-electron chi connectivity index (χ4n) is 5.70. The molecule has 0 unspecified atom stereocenters. The van der Waals surface area contributed by atoms with E-state index in [-0.39, 0.29) is 5.92 Å². The van der Waals surface area contributed by atoms with Crippen LogP contribution >= 0.6 is 0 Å². The molecule has 6 rings (SSSR count). The van der Waals surface area contributed by atoms with Crippen LogP contribution in [0.15, 0.2) is 97.1 Å². The zero-order valence-corrected chi connectivity index (χ0v) is 20.2. The third-order valence-corrected chi connectivity index (χ3v) is 7.30. The first-order valence-corrected chi connectivity index (χ1v) is 12.9. The van der Waals surface area contributed by atoms with Crippen molar-refractivity contribution < 1.29 is 0 Å². The van der Waals surface area contributed by atoms with Gasteiger partial charge < -0.3 is 0 Å². The van der Waals surface area contributed by atoms with Crippen molar-refractivity contribution in [2.75, 3.05) is 0 Å². The van der Waals surface area contributed by atoms with Crippen molar-refractivity contribution in [1.82, 2.24) is 9.97 Å². The Kier molecular flexibility index (Phi) is 5.88. The van der Waals surface area contributed by atoms with E-state index in [0.29, 0.717) is 0 Å². The molecule has 0 atom stereocenters. The normalized spacial score (nSPS) is 11.8. The highest BCUT2D eigenvalue weighted by atomic mass is 14.7. The van der Waals surface area contributed by atoms with Crippen LogP contribution in [-0.4, -0.2) is 9.97 Å². The molecule has 0 N–H and O–H groups in total. The summed E-state index contributed by atoms with van der Waals surface area (Å²) in [5, 5.41) is 5.04. The van der Waals surface area contributed by atoms with Gasteiger partial charge in [0.15, 0.2) is 0 Å². The van der Waals surface area contributed by atoms with Gasteiger partial charge >= 0.3 is 0 Å². The van der Waals surface area contributed by atoms with Gasteiger partial charge in [0.25, 0.3) is 0 Å². The number of unbranched alkanes of at least 4 members (excludes halogenated alkanes) is 3. The van der Waals surface area contributed by atoms with Crippen molar-refractivity contribution in [3.8, 4) is 0 Å². The zero-order valence-electron chi connectivity index (χ0n) is 20.2. The first-order chi connectivity index (χ1) is 17.3. The fraction of sp³-hybridized carbons (Fsp3) is 0.212. The van der Waals surface area contributed by atoms with Crippen LogP contribution < -0.4 is 0 Å². The van der Waals surface area contributed by atoms with Gasteiger partial charge in [0.1, 0.15) is 0 Å². The van der Waals surface area contributed by atoms with E-state index in [4.69, 9.17) is 9.97 Å². The lowest BCUT2D eigenvalue weighted by atomic mass is 9.80. The number of para-hydroxylation sites is 4. The lowest BCUT2D eigenvalue weighted by Crippen LogP contribution is -2.07. The third-order valence-electron chi connectivity index (χ3n) is 7.30. The molecule has 4 aromatic carbocycles. The second-order valence-electron chi connectivity index (χ2n) is 9.52. The number of hydrogen-bond donors (Lipinski definition) is 0. The molecular formula is C33H30N2. The number of nitrogens with zero attached hydrogens (tertiary/aromatic N) is 2. The maximum atomic E-state index is 5.04. The van der Waals surface area contributed by atoms with E-state index in [1.54, 1.807) is 0 Å². The predicted octanol–water partition coefficient (Wildman–Crippen LogP) is 9.19. The molecule has 0 spiro atoms. The number of hydrogen-bond acceptors (Lipinski definition) is 2. The monoisotopic (exact) mass is 454 g/mol. The quantitative estimate of drug-likeness (QED) is 0.177. The van der Waals surface area contributed by atoms with Crippen LogP contribution in [0.1, 0.15) is 56.1 Å². The van der Waals surface area contributed by atoms with Crippen LogP contribution in [0.4, 0.5) is 0 Å². The highest BCUT2D eigenvalue weighted by Gasteiger charge is 2.24. The Balaban J connectivity index is 1.71. The second kappa shape index (κ2) is 9.46. The molecule has 2 aromatic heterocycles. The van der Waals surface area contributed by atoms with Crippen LogP contribution in [0.5, 0.6) is 0 Å². The zero-order chi connectivity index (χ0) is 23.6. The molecule has 172 valence electrons. The Morgan fingerprint density at radius 3 is 1.23 bits per heavy atom. The minimum Gasteiger partial charge on any atom is -0.248 e. The van der Waals surface area contributed by atoms with E-state index in [0.717, 1.165) is 28.5 Å².